The van der Waals surface area contributed by atoms with Crippen LogP contribution in [0.15, 0.2) is 277 Å². The van der Waals surface area contributed by atoms with E-state index < -0.39 is 0 Å². The molecule has 5 heterocycles. The number of fused-ring (bicyclic) bond motifs is 16. The Morgan fingerprint density at radius 3 is 0.653 bits per heavy atom. The van der Waals surface area contributed by atoms with Crippen molar-refractivity contribution in [1.82, 2.24) is 0 Å². The van der Waals surface area contributed by atoms with Crippen molar-refractivity contribution < 1.29 is 23.7 Å². The van der Waals surface area contributed by atoms with Gasteiger partial charge in [-0.1, -0.05) is 165 Å². The van der Waals surface area contributed by atoms with Crippen molar-refractivity contribution in [3.8, 4) is 46.6 Å². The van der Waals surface area contributed by atoms with Crippen molar-refractivity contribution >= 4 is 46.7 Å². The third kappa shape index (κ3) is 16.9. The summed E-state index contributed by atoms with van der Waals surface area (Å²) in [5.41, 5.74) is 13.8. The number of hydrogen-bond acceptors (Lipinski definition) is 15. The second kappa shape index (κ2) is 32.0. The summed E-state index contributed by atoms with van der Waals surface area (Å²) in [7, 11) is 6.70. The van der Waals surface area contributed by atoms with E-state index in [0.717, 1.165) is 73.1 Å². The van der Waals surface area contributed by atoms with E-state index in [1.54, 1.807) is 46.6 Å². The lowest BCUT2D eigenvalue weighted by Gasteiger charge is -2.06. The van der Waals surface area contributed by atoms with E-state index in [4.69, 9.17) is 74.1 Å². The van der Waals surface area contributed by atoms with Crippen LogP contribution in [-0.2, 0) is 0 Å². The van der Waals surface area contributed by atoms with Crippen LogP contribution in [0.5, 0.6) is 34.5 Å². The van der Waals surface area contributed by atoms with Crippen LogP contribution < -0.4 is 23.7 Å². The number of methoxy groups -OCH3 is 4. The zero-order chi connectivity index (χ0) is 65.9. The Labute approximate surface area is 555 Å². The highest BCUT2D eigenvalue weighted by atomic mass is 16.5. The Morgan fingerprint density at radius 1 is 0.242 bits per heavy atom. The molecule has 470 valence electrons. The molecule has 0 saturated carbocycles. The van der Waals surface area contributed by atoms with Crippen LogP contribution in [0, 0.1) is 57.3 Å². The fraction of sp³-hybridized carbons (Fsp3) is 0.125. The van der Waals surface area contributed by atoms with Crippen molar-refractivity contribution in [2.24, 2.45) is 39.9 Å². The second-order valence-electron chi connectivity index (χ2n) is 21.6. The van der Waals surface area contributed by atoms with Gasteiger partial charge < -0.3 is 23.7 Å². The van der Waals surface area contributed by atoms with Crippen LogP contribution in [0.3, 0.4) is 0 Å². The first-order valence-corrected chi connectivity index (χ1v) is 30.0. The molecular formula is C80H70N10O5. The van der Waals surface area contributed by atoms with Crippen LogP contribution >= 0.6 is 0 Å². The Hall–Kier alpha value is -12.5. The van der Waals surface area contributed by atoms with E-state index in [2.05, 4.69) is 0 Å². The van der Waals surface area contributed by atoms with Crippen molar-refractivity contribution in [2.45, 2.75) is 42.0 Å². The van der Waals surface area contributed by atoms with Crippen LogP contribution in [0.2, 0.25) is 0 Å². The number of rotatable bonds is 6. The molecule has 15 nitrogen and oxygen atoms in total. The zero-order valence-corrected chi connectivity index (χ0v) is 53.5. The standard InChI is InChI=1S/C32H16N8.C15H10N2O.4C8H10O.CH4/c1-2-10-18-17(9-1)25-33-26(18)38-28-21-13-5-6-14-22(21)30(35-28)40-32-24-16-8-7-15-23(24)31(36-32)39-29-20-12-4-3-11-19(20)27(34-29)37-25;1-11-3-2-4-14(7-11)18-15-6-5-12(9-16)13(8-15)10-17;4*1-7-4-3-5-8(6-7)9-2;/h1-16H;2-8H,1H3;4*3-6H,1-2H3;1H4. The van der Waals surface area contributed by atoms with Crippen molar-refractivity contribution in [2.75, 3.05) is 28.4 Å². The summed E-state index contributed by atoms with van der Waals surface area (Å²) >= 11 is 0. The molecule has 15 heteroatoms. The first-order chi connectivity index (χ1) is 45.8. The zero-order valence-electron chi connectivity index (χ0n) is 53.5. The molecular weight excluding hydrogens is 1180 g/mol. The minimum absolute atomic E-state index is 0. The molecule has 0 atom stereocenters. The van der Waals surface area contributed by atoms with Gasteiger partial charge in [-0.15, -0.1) is 0 Å². The predicted molar refractivity (Wildman–Crippen MR) is 383 cm³/mol. The number of benzene rings is 10. The highest BCUT2D eigenvalue weighted by Crippen LogP contribution is 2.31. The lowest BCUT2D eigenvalue weighted by molar-refractivity contribution is 0.414. The lowest BCUT2D eigenvalue weighted by atomic mass is 10.1. The average molecular weight is 1250 g/mol. The first-order valence-electron chi connectivity index (χ1n) is 30.0. The van der Waals surface area contributed by atoms with Crippen LogP contribution in [0.25, 0.3) is 0 Å². The molecule has 0 fully saturated rings. The molecule has 0 aromatic heterocycles. The minimum Gasteiger partial charge on any atom is -0.497 e. The molecule has 0 saturated heterocycles. The largest absolute Gasteiger partial charge is 0.497 e. The van der Waals surface area contributed by atoms with E-state index in [9.17, 15) is 0 Å². The fourth-order valence-corrected chi connectivity index (χ4v) is 10.0. The summed E-state index contributed by atoms with van der Waals surface area (Å²) in [6.45, 7) is 10.2. The third-order valence-corrected chi connectivity index (χ3v) is 14.7. The smallest absolute Gasteiger partial charge is 0.164 e. The Kier molecular flexibility index (Phi) is 22.6. The summed E-state index contributed by atoms with van der Waals surface area (Å²) in [5, 5.41) is 17.8. The van der Waals surface area contributed by atoms with Gasteiger partial charge in [-0.05, 0) is 141 Å². The lowest BCUT2D eigenvalue weighted by Crippen LogP contribution is -2.02. The van der Waals surface area contributed by atoms with Gasteiger partial charge in [-0.25, -0.2) is 39.9 Å². The molecule has 5 aliphatic heterocycles. The van der Waals surface area contributed by atoms with Crippen LogP contribution in [0.4, 0.5) is 0 Å². The molecule has 0 amide bonds. The molecule has 0 aliphatic carbocycles. The van der Waals surface area contributed by atoms with Gasteiger partial charge in [-0.2, -0.15) is 10.5 Å². The van der Waals surface area contributed by atoms with Crippen molar-refractivity contribution in [3.63, 3.8) is 0 Å². The normalized spacial score (nSPS) is 12.5. The molecule has 5 aliphatic rings. The number of ether oxygens (including phenoxy) is 5. The highest BCUT2D eigenvalue weighted by molar-refractivity contribution is 6.35. The van der Waals surface area contributed by atoms with E-state index >= 15 is 0 Å². The average Bonchev–Trinajstić information content (AvgIpc) is 1.61. The summed E-state index contributed by atoms with van der Waals surface area (Å²) in [6.07, 6.45) is 0. The Bertz CT molecular complexity index is 4310. The summed E-state index contributed by atoms with van der Waals surface area (Å²) < 4.78 is 25.6. The molecule has 10 aromatic carbocycles. The van der Waals surface area contributed by atoms with Gasteiger partial charge in [-0.3, -0.25) is 0 Å². The third-order valence-electron chi connectivity index (χ3n) is 14.7. The van der Waals surface area contributed by atoms with E-state index in [1.165, 1.54) is 22.3 Å². The van der Waals surface area contributed by atoms with Gasteiger partial charge in [0, 0.05) is 44.5 Å². The Morgan fingerprint density at radius 2 is 0.453 bits per heavy atom. The van der Waals surface area contributed by atoms with Crippen molar-refractivity contribution in [3.05, 3.63) is 320 Å². The van der Waals surface area contributed by atoms with E-state index in [-0.39, 0.29) is 7.43 Å². The van der Waals surface area contributed by atoms with Gasteiger partial charge in [0.1, 0.15) is 46.6 Å². The molecule has 0 unspecified atom stereocenters. The van der Waals surface area contributed by atoms with Crippen LogP contribution in [0.1, 0.15) is 90.9 Å². The number of amidine groups is 8. The number of nitrogens with zero attached hydrogens (tertiary/aromatic N) is 10. The molecule has 0 radical (unpaired) electrons. The maximum atomic E-state index is 8.93. The summed E-state index contributed by atoms with van der Waals surface area (Å²) in [5.74, 6) is 9.38. The number of aryl methyl sites for hydroxylation is 5. The number of hydrogen-bond donors (Lipinski definition) is 0. The molecule has 0 N–H and O–H groups in total. The highest BCUT2D eigenvalue weighted by Gasteiger charge is 2.31. The maximum absolute atomic E-state index is 8.93. The molecule has 15 rings (SSSR count). The second-order valence-corrected chi connectivity index (χ2v) is 21.6. The molecule has 8 bridgehead atoms. The van der Waals surface area contributed by atoms with E-state index in [1.807, 2.05) is 265 Å². The van der Waals surface area contributed by atoms with E-state index in [0.29, 0.717) is 69.3 Å². The van der Waals surface area contributed by atoms with Gasteiger partial charge in [0.15, 0.2) is 46.7 Å². The van der Waals surface area contributed by atoms with Crippen LogP contribution in [-0.4, -0.2) is 75.1 Å². The molecule has 10 aromatic rings. The number of nitriles is 2. The van der Waals surface area contributed by atoms with Gasteiger partial charge in [0.05, 0.1) is 39.6 Å². The summed E-state index contributed by atoms with van der Waals surface area (Å²) in [4.78, 5) is 39.3. The first kappa shape index (κ1) is 66.9. The fourth-order valence-electron chi connectivity index (χ4n) is 10.0. The molecule has 0 spiro atoms. The Balaban J connectivity index is 0.000000158. The minimum atomic E-state index is 0. The maximum Gasteiger partial charge on any atom is 0.164 e. The number of aliphatic imine (C=N–C) groups is 8. The summed E-state index contributed by atoms with van der Waals surface area (Å²) in [6, 6.07) is 80.1. The van der Waals surface area contributed by atoms with Crippen molar-refractivity contribution in [1.29, 1.82) is 10.5 Å². The van der Waals surface area contributed by atoms with Gasteiger partial charge in [0.25, 0.3) is 0 Å². The van der Waals surface area contributed by atoms with Gasteiger partial charge in [0.2, 0.25) is 0 Å². The quantitative estimate of drug-likeness (QED) is 0.158. The topological polar surface area (TPSA) is 193 Å². The monoisotopic (exact) mass is 1250 g/mol. The van der Waals surface area contributed by atoms with Gasteiger partial charge >= 0.3 is 0 Å². The SMILES string of the molecule is C.COc1cccc(C)c1.COc1cccc(C)c1.COc1cccc(C)c1.COc1cccc(C)c1.Cc1cccc(Oc2ccc(C#N)c(C#N)c2)c1.c1ccc2c(c1)C1=NC2=NC2=NC(=NC3=NC(=NC4=NC(=N1)c1ccccc14)c1ccccc13)c1ccccc12. The predicted octanol–water partition coefficient (Wildman–Crippen LogP) is 17.0. The molecule has 95 heavy (non-hydrogen) atoms.